The number of carbonyl (C=O) groups excluding carboxylic acids is 1. The van der Waals surface area contributed by atoms with Gasteiger partial charge in [0.05, 0.1) is 7.11 Å². The highest BCUT2D eigenvalue weighted by atomic mass is 16.5. The third-order valence-corrected chi connectivity index (χ3v) is 5.62. The molecule has 1 unspecified atom stereocenters. The monoisotopic (exact) mass is 378 g/mol. The minimum absolute atomic E-state index is 0.104. The van der Waals surface area contributed by atoms with Gasteiger partial charge in [-0.3, -0.25) is 14.7 Å². The van der Waals surface area contributed by atoms with Gasteiger partial charge in [-0.05, 0) is 43.2 Å². The average Bonchev–Trinajstić information content (AvgIpc) is 3.14. The fraction of sp³-hybridized carbons (Fsp3) is 0.364. The van der Waals surface area contributed by atoms with Crippen LogP contribution in [0.1, 0.15) is 28.5 Å². The predicted octanol–water partition coefficient (Wildman–Crippen LogP) is 3.13. The Hall–Kier alpha value is -2.86. The quantitative estimate of drug-likeness (QED) is 0.691. The zero-order valence-electron chi connectivity index (χ0n) is 16.5. The van der Waals surface area contributed by atoms with Crippen molar-refractivity contribution in [3.05, 3.63) is 59.5 Å². The maximum Gasteiger partial charge on any atom is 0.270 e. The third kappa shape index (κ3) is 3.60. The summed E-state index contributed by atoms with van der Waals surface area (Å²) in [7, 11) is 1.71. The van der Waals surface area contributed by atoms with Crippen molar-refractivity contribution in [2.45, 2.75) is 26.4 Å². The van der Waals surface area contributed by atoms with Gasteiger partial charge in [-0.1, -0.05) is 12.1 Å². The van der Waals surface area contributed by atoms with Gasteiger partial charge in [-0.25, -0.2) is 0 Å². The number of benzene rings is 1. The number of hydrogen-bond acceptors (Lipinski definition) is 4. The van der Waals surface area contributed by atoms with E-state index in [0.29, 0.717) is 11.6 Å². The van der Waals surface area contributed by atoms with Gasteiger partial charge in [0, 0.05) is 54.9 Å². The zero-order valence-corrected chi connectivity index (χ0v) is 16.5. The molecular weight excluding hydrogens is 352 g/mol. The van der Waals surface area contributed by atoms with Crippen LogP contribution in [-0.2, 0) is 6.54 Å². The van der Waals surface area contributed by atoms with E-state index in [1.54, 1.807) is 13.3 Å². The lowest BCUT2D eigenvalue weighted by Gasteiger charge is -2.42. The van der Waals surface area contributed by atoms with Crippen LogP contribution in [0.3, 0.4) is 0 Å². The fourth-order valence-electron chi connectivity index (χ4n) is 3.83. The van der Waals surface area contributed by atoms with Gasteiger partial charge in [0.15, 0.2) is 0 Å². The average molecular weight is 378 g/mol. The minimum atomic E-state index is -0.112. The van der Waals surface area contributed by atoms with Crippen molar-refractivity contribution >= 4 is 16.8 Å². The summed E-state index contributed by atoms with van der Waals surface area (Å²) in [5.74, 6) is 1.27. The Labute approximate surface area is 164 Å². The summed E-state index contributed by atoms with van der Waals surface area (Å²) in [5.41, 5.74) is 3.81. The molecule has 2 N–H and O–H groups in total. The van der Waals surface area contributed by atoms with Crippen LogP contribution in [0.4, 0.5) is 0 Å². The van der Waals surface area contributed by atoms with Crippen LogP contribution in [0.2, 0.25) is 0 Å². The highest BCUT2D eigenvalue weighted by molar-refractivity contribution is 6.04. The molecule has 2 aromatic heterocycles. The first-order valence-corrected chi connectivity index (χ1v) is 9.64. The van der Waals surface area contributed by atoms with E-state index in [1.165, 1.54) is 5.56 Å². The standard InChI is InChI=1S/C22H26N4O2/c1-14-4-5-16(10-20(14)28-3)11-26-12-17(13-26)15(2)25-22(27)21-18-6-8-23-19(18)7-9-24-21/h4-10,15,17,23H,11-13H2,1-3H3,(H,25,27). The smallest absolute Gasteiger partial charge is 0.270 e. The molecule has 6 nitrogen and oxygen atoms in total. The van der Waals surface area contributed by atoms with Gasteiger partial charge < -0.3 is 15.0 Å². The number of ether oxygens (including phenoxy) is 1. The highest BCUT2D eigenvalue weighted by Crippen LogP contribution is 2.25. The molecule has 1 aromatic carbocycles. The number of nitrogens with zero attached hydrogens (tertiary/aromatic N) is 2. The number of amides is 1. The molecule has 1 saturated heterocycles. The van der Waals surface area contributed by atoms with E-state index in [-0.39, 0.29) is 11.9 Å². The Kier molecular flexibility index (Phi) is 5.05. The number of aromatic amines is 1. The largest absolute Gasteiger partial charge is 0.496 e. The van der Waals surface area contributed by atoms with E-state index in [2.05, 4.69) is 52.2 Å². The number of hydrogen-bond donors (Lipinski definition) is 2. The zero-order chi connectivity index (χ0) is 19.7. The second-order valence-electron chi connectivity index (χ2n) is 7.62. The van der Waals surface area contributed by atoms with Crippen molar-refractivity contribution in [3.8, 4) is 5.75 Å². The van der Waals surface area contributed by atoms with Crippen molar-refractivity contribution in [3.63, 3.8) is 0 Å². The van der Waals surface area contributed by atoms with Crippen LogP contribution in [0.5, 0.6) is 5.75 Å². The fourth-order valence-corrected chi connectivity index (χ4v) is 3.83. The van der Waals surface area contributed by atoms with Crippen LogP contribution in [-0.4, -0.2) is 47.0 Å². The van der Waals surface area contributed by atoms with Crippen LogP contribution in [0.25, 0.3) is 10.9 Å². The summed E-state index contributed by atoms with van der Waals surface area (Å²) in [6.07, 6.45) is 3.50. The lowest BCUT2D eigenvalue weighted by Crippen LogP contribution is -2.55. The molecule has 1 fully saturated rings. The Morgan fingerprint density at radius 2 is 2.18 bits per heavy atom. The molecule has 3 aromatic rings. The van der Waals surface area contributed by atoms with Gasteiger partial charge in [-0.2, -0.15) is 0 Å². The van der Waals surface area contributed by atoms with E-state index in [1.807, 2.05) is 18.3 Å². The molecule has 6 heteroatoms. The summed E-state index contributed by atoms with van der Waals surface area (Å²) >= 11 is 0. The number of nitrogens with one attached hydrogen (secondary N) is 2. The molecule has 28 heavy (non-hydrogen) atoms. The van der Waals surface area contributed by atoms with E-state index in [4.69, 9.17) is 4.74 Å². The van der Waals surface area contributed by atoms with E-state index < -0.39 is 0 Å². The predicted molar refractivity (Wildman–Crippen MR) is 110 cm³/mol. The second-order valence-corrected chi connectivity index (χ2v) is 7.62. The number of methoxy groups -OCH3 is 1. The third-order valence-electron chi connectivity index (χ3n) is 5.62. The van der Waals surface area contributed by atoms with Crippen molar-refractivity contribution in [2.24, 2.45) is 5.92 Å². The summed E-state index contributed by atoms with van der Waals surface area (Å²) < 4.78 is 5.41. The Morgan fingerprint density at radius 1 is 1.36 bits per heavy atom. The Bertz CT molecular complexity index is 991. The van der Waals surface area contributed by atoms with Crippen molar-refractivity contribution in [1.82, 2.24) is 20.2 Å². The number of aromatic nitrogens is 2. The van der Waals surface area contributed by atoms with Crippen molar-refractivity contribution in [1.29, 1.82) is 0 Å². The molecule has 0 spiro atoms. The molecule has 1 aliphatic rings. The van der Waals surface area contributed by atoms with Crippen molar-refractivity contribution < 1.29 is 9.53 Å². The molecule has 0 saturated carbocycles. The molecule has 146 valence electrons. The van der Waals surface area contributed by atoms with E-state index >= 15 is 0 Å². The normalized spacial score (nSPS) is 16.0. The van der Waals surface area contributed by atoms with Gasteiger partial charge in [0.25, 0.3) is 5.91 Å². The lowest BCUT2D eigenvalue weighted by atomic mass is 9.92. The number of H-pyrrole nitrogens is 1. The topological polar surface area (TPSA) is 70.2 Å². The molecule has 0 radical (unpaired) electrons. The first-order valence-electron chi connectivity index (χ1n) is 9.64. The number of likely N-dealkylation sites (tertiary alicyclic amines) is 1. The minimum Gasteiger partial charge on any atom is -0.496 e. The van der Waals surface area contributed by atoms with Crippen molar-refractivity contribution in [2.75, 3.05) is 20.2 Å². The van der Waals surface area contributed by atoms with Crippen LogP contribution in [0, 0.1) is 12.8 Å². The number of rotatable bonds is 6. The first kappa shape index (κ1) is 18.5. The molecule has 1 aliphatic heterocycles. The summed E-state index contributed by atoms with van der Waals surface area (Å²) in [6, 6.07) is 10.2. The number of aryl methyl sites for hydroxylation is 1. The van der Waals surface area contributed by atoms with Gasteiger partial charge >= 0.3 is 0 Å². The van der Waals surface area contributed by atoms with E-state index in [0.717, 1.165) is 41.9 Å². The number of fused-ring (bicyclic) bond motifs is 1. The summed E-state index contributed by atoms with van der Waals surface area (Å²) in [6.45, 7) is 6.97. The summed E-state index contributed by atoms with van der Waals surface area (Å²) in [4.78, 5) is 22.5. The summed E-state index contributed by atoms with van der Waals surface area (Å²) in [5, 5.41) is 3.99. The van der Waals surface area contributed by atoms with Crippen LogP contribution >= 0.6 is 0 Å². The molecule has 0 aliphatic carbocycles. The second kappa shape index (κ2) is 7.64. The Balaban J connectivity index is 1.32. The van der Waals surface area contributed by atoms with E-state index in [9.17, 15) is 4.79 Å². The van der Waals surface area contributed by atoms with Gasteiger partial charge in [0.2, 0.25) is 0 Å². The van der Waals surface area contributed by atoms with Crippen LogP contribution < -0.4 is 10.1 Å². The maximum atomic E-state index is 12.7. The Morgan fingerprint density at radius 3 is 2.96 bits per heavy atom. The van der Waals surface area contributed by atoms with Gasteiger partial charge in [-0.15, -0.1) is 0 Å². The highest BCUT2D eigenvalue weighted by Gasteiger charge is 2.32. The molecule has 3 heterocycles. The van der Waals surface area contributed by atoms with Gasteiger partial charge in [0.1, 0.15) is 11.4 Å². The maximum absolute atomic E-state index is 12.7. The first-order chi connectivity index (χ1) is 13.5. The number of pyridine rings is 1. The lowest BCUT2D eigenvalue weighted by molar-refractivity contribution is 0.0621. The molecule has 0 bridgehead atoms. The molecule has 1 atom stereocenters. The molecular formula is C22H26N4O2. The SMILES string of the molecule is COc1cc(CN2CC(C(C)NC(=O)c3nccc4[nH]ccc34)C2)ccc1C. The molecule has 1 amide bonds. The molecule has 4 rings (SSSR count). The van der Waals surface area contributed by atoms with Crippen LogP contribution in [0.15, 0.2) is 42.7 Å². The number of carbonyl (C=O) groups is 1.